The molecule has 0 spiro atoms. The molecule has 52 valence electrons. The summed E-state index contributed by atoms with van der Waals surface area (Å²) in [5.41, 5.74) is 0. The summed E-state index contributed by atoms with van der Waals surface area (Å²) in [5, 5.41) is 10.3. The van der Waals surface area contributed by atoms with Crippen molar-refractivity contribution in [3.63, 3.8) is 0 Å². The number of hydrogen-bond acceptors (Lipinski definition) is 3. The first kappa shape index (κ1) is 7.97. The molecule has 0 heterocycles. The number of carbonyl (C=O) groups excluding carboxylic acids is 1. The topological polar surface area (TPSA) is 58.6 Å². The summed E-state index contributed by atoms with van der Waals surface area (Å²) in [7, 11) is 0. The number of carbonyl (C=O) groups is 1. The van der Waals surface area contributed by atoms with Crippen LogP contribution in [0.1, 0.15) is 0 Å². The molecule has 2 N–H and O–H groups in total. The molecule has 0 radical (unpaired) electrons. The Balaban J connectivity index is 3.16. The van der Waals surface area contributed by atoms with Gasteiger partial charge in [-0.1, -0.05) is 6.58 Å². The van der Waals surface area contributed by atoms with Gasteiger partial charge < -0.3 is 9.84 Å². The second-order valence-electron chi connectivity index (χ2n) is 1.21. The van der Waals surface area contributed by atoms with Gasteiger partial charge in [0.1, 0.15) is 6.61 Å². The third kappa shape index (κ3) is 4.83. The Morgan fingerprint density at radius 3 is 3.00 bits per heavy atom. The largest absolute Gasteiger partial charge is 0.447 e. The Hall–Kier alpha value is -1.03. The molecular formula is C5H9NO3. The molecule has 9 heavy (non-hydrogen) atoms. The number of ether oxygens (including phenoxy) is 1. The maximum absolute atomic E-state index is 10.3. The van der Waals surface area contributed by atoms with Gasteiger partial charge in [-0.25, -0.2) is 4.79 Å². The molecule has 0 saturated carbocycles. The number of rotatable bonds is 3. The number of nitrogens with one attached hydrogen (secondary N) is 1. The van der Waals surface area contributed by atoms with Gasteiger partial charge in [0.25, 0.3) is 0 Å². The van der Waals surface area contributed by atoms with Crippen LogP contribution in [0.3, 0.4) is 0 Å². The predicted octanol–water partition coefficient (Wildman–Crippen LogP) is -0.152. The third-order valence-corrected chi connectivity index (χ3v) is 0.544. The van der Waals surface area contributed by atoms with E-state index in [0.717, 1.165) is 0 Å². The van der Waals surface area contributed by atoms with E-state index in [-0.39, 0.29) is 13.2 Å². The highest BCUT2D eigenvalue weighted by Crippen LogP contribution is 1.74. The average molecular weight is 131 g/mol. The van der Waals surface area contributed by atoms with Crippen molar-refractivity contribution in [2.75, 3.05) is 13.2 Å². The molecule has 0 fully saturated rings. The Bertz CT molecular complexity index is 102. The average Bonchev–Trinajstić information content (AvgIpc) is 1.85. The van der Waals surface area contributed by atoms with Gasteiger partial charge in [0.05, 0.1) is 6.61 Å². The van der Waals surface area contributed by atoms with E-state index in [9.17, 15) is 4.79 Å². The molecule has 4 nitrogen and oxygen atoms in total. The maximum atomic E-state index is 10.3. The van der Waals surface area contributed by atoms with Gasteiger partial charge in [-0.3, -0.25) is 5.32 Å². The second-order valence-corrected chi connectivity index (χ2v) is 1.21. The van der Waals surface area contributed by atoms with Crippen LogP contribution in [0.5, 0.6) is 0 Å². The molecule has 0 aliphatic carbocycles. The molecule has 0 unspecified atom stereocenters. The lowest BCUT2D eigenvalue weighted by atomic mass is 10.8. The molecule has 0 aliphatic heterocycles. The summed E-state index contributed by atoms with van der Waals surface area (Å²) in [5.74, 6) is 0. The van der Waals surface area contributed by atoms with Crippen molar-refractivity contribution in [2.24, 2.45) is 0 Å². The van der Waals surface area contributed by atoms with Crippen LogP contribution in [-0.4, -0.2) is 24.4 Å². The second kappa shape index (κ2) is 5.11. The zero-order chi connectivity index (χ0) is 7.11. The van der Waals surface area contributed by atoms with Crippen molar-refractivity contribution in [3.8, 4) is 0 Å². The summed E-state index contributed by atoms with van der Waals surface area (Å²) in [4.78, 5) is 10.3. The van der Waals surface area contributed by atoms with Crippen LogP contribution in [0.15, 0.2) is 12.8 Å². The van der Waals surface area contributed by atoms with Gasteiger partial charge in [-0.15, -0.1) is 0 Å². The molecule has 0 aromatic rings. The van der Waals surface area contributed by atoms with E-state index >= 15 is 0 Å². The summed E-state index contributed by atoms with van der Waals surface area (Å²) in [6.45, 7) is 3.09. The van der Waals surface area contributed by atoms with Crippen molar-refractivity contribution in [3.05, 3.63) is 12.8 Å². The Kier molecular flexibility index (Phi) is 4.53. The molecule has 0 bridgehead atoms. The smallest absolute Gasteiger partial charge is 0.411 e. The zero-order valence-electron chi connectivity index (χ0n) is 4.96. The van der Waals surface area contributed by atoms with Crippen molar-refractivity contribution >= 4 is 6.09 Å². The van der Waals surface area contributed by atoms with E-state index < -0.39 is 6.09 Å². The first-order valence-corrected chi connectivity index (χ1v) is 2.46. The number of hydrogen-bond donors (Lipinski definition) is 2. The fraction of sp³-hybridized carbons (Fsp3) is 0.400. The molecular weight excluding hydrogens is 122 g/mol. The molecule has 0 atom stereocenters. The van der Waals surface area contributed by atoms with Gasteiger partial charge in [-0.05, 0) is 6.20 Å². The third-order valence-electron chi connectivity index (χ3n) is 0.544. The fourth-order valence-corrected chi connectivity index (χ4v) is 0.263. The van der Waals surface area contributed by atoms with Crippen LogP contribution in [0.4, 0.5) is 4.79 Å². The van der Waals surface area contributed by atoms with E-state index in [4.69, 9.17) is 5.11 Å². The number of aliphatic hydroxyl groups is 1. The van der Waals surface area contributed by atoms with Crippen LogP contribution in [0.2, 0.25) is 0 Å². The van der Waals surface area contributed by atoms with Crippen LogP contribution in [-0.2, 0) is 4.74 Å². The van der Waals surface area contributed by atoms with Crippen molar-refractivity contribution in [2.45, 2.75) is 0 Å². The highest BCUT2D eigenvalue weighted by molar-refractivity contribution is 5.68. The van der Waals surface area contributed by atoms with Gasteiger partial charge in [0.15, 0.2) is 0 Å². The molecule has 0 aromatic heterocycles. The standard InChI is InChI=1S/C5H9NO3/c1-2-6-5(8)9-4-3-7/h2,7H,1,3-4H2,(H,6,8). The minimum Gasteiger partial charge on any atom is -0.447 e. The van der Waals surface area contributed by atoms with Crippen LogP contribution >= 0.6 is 0 Å². The lowest BCUT2D eigenvalue weighted by Gasteiger charge is -1.98. The van der Waals surface area contributed by atoms with Crippen molar-refractivity contribution in [1.29, 1.82) is 0 Å². The SMILES string of the molecule is C=CNC(=O)OCCO. The molecule has 0 rings (SSSR count). The summed E-state index contributed by atoms with van der Waals surface area (Å²) in [6, 6.07) is 0. The maximum Gasteiger partial charge on any atom is 0.411 e. The molecule has 0 aromatic carbocycles. The van der Waals surface area contributed by atoms with E-state index in [1.165, 1.54) is 6.20 Å². The molecule has 1 amide bonds. The van der Waals surface area contributed by atoms with Gasteiger partial charge >= 0.3 is 6.09 Å². The Labute approximate surface area is 53.1 Å². The lowest BCUT2D eigenvalue weighted by Crippen LogP contribution is -2.19. The highest BCUT2D eigenvalue weighted by Gasteiger charge is 1.93. The van der Waals surface area contributed by atoms with Gasteiger partial charge in [0.2, 0.25) is 0 Å². The van der Waals surface area contributed by atoms with Gasteiger partial charge in [-0.2, -0.15) is 0 Å². The number of amides is 1. The monoisotopic (exact) mass is 131 g/mol. The normalized spacial score (nSPS) is 8.11. The highest BCUT2D eigenvalue weighted by atomic mass is 16.6. The number of aliphatic hydroxyl groups excluding tert-OH is 1. The Morgan fingerprint density at radius 1 is 1.89 bits per heavy atom. The van der Waals surface area contributed by atoms with Crippen molar-refractivity contribution in [1.82, 2.24) is 5.32 Å². The van der Waals surface area contributed by atoms with Crippen LogP contribution in [0.25, 0.3) is 0 Å². The van der Waals surface area contributed by atoms with E-state index in [1.807, 2.05) is 0 Å². The van der Waals surface area contributed by atoms with E-state index in [0.29, 0.717) is 0 Å². The first-order valence-electron chi connectivity index (χ1n) is 2.46. The minimum absolute atomic E-state index is 0.0136. The lowest BCUT2D eigenvalue weighted by molar-refractivity contribution is 0.122. The van der Waals surface area contributed by atoms with E-state index in [1.54, 1.807) is 0 Å². The van der Waals surface area contributed by atoms with Gasteiger partial charge in [0, 0.05) is 0 Å². The molecule has 0 saturated heterocycles. The van der Waals surface area contributed by atoms with Crippen molar-refractivity contribution < 1.29 is 14.6 Å². The Morgan fingerprint density at radius 2 is 2.56 bits per heavy atom. The fourth-order valence-electron chi connectivity index (χ4n) is 0.263. The summed E-state index contributed by atoms with van der Waals surface area (Å²) < 4.78 is 4.36. The predicted molar refractivity (Wildman–Crippen MR) is 31.8 cm³/mol. The van der Waals surface area contributed by atoms with E-state index in [2.05, 4.69) is 16.6 Å². The molecule has 0 aliphatic rings. The van der Waals surface area contributed by atoms with Crippen LogP contribution < -0.4 is 5.32 Å². The number of alkyl carbamates (subject to hydrolysis) is 1. The zero-order valence-corrected chi connectivity index (χ0v) is 4.96. The summed E-state index contributed by atoms with van der Waals surface area (Å²) >= 11 is 0. The summed E-state index contributed by atoms with van der Waals surface area (Å²) in [6.07, 6.45) is 0.610. The minimum atomic E-state index is -0.598. The molecule has 4 heteroatoms. The first-order chi connectivity index (χ1) is 4.31. The quantitative estimate of drug-likeness (QED) is 0.560. The van der Waals surface area contributed by atoms with Crippen LogP contribution in [0, 0.1) is 0 Å².